The first kappa shape index (κ1) is 16.5. The van der Waals surface area contributed by atoms with Crippen molar-refractivity contribution in [3.63, 3.8) is 0 Å². The molecule has 0 amide bonds. The van der Waals surface area contributed by atoms with Crippen LogP contribution in [-0.4, -0.2) is 26.8 Å². The molecule has 3 heteroatoms. The van der Waals surface area contributed by atoms with E-state index in [-0.39, 0.29) is 0 Å². The maximum absolute atomic E-state index is 6.10. The maximum Gasteiger partial charge on any atom is 0.0494 e. The Labute approximate surface area is 122 Å². The standard InChI is InChI=1S/C16H26ClNO/c1-12(2)9-18-10-16(13(3)11-19-4)14-6-5-7-15(17)8-14/h5-8,12-13,16,18H,9-11H2,1-4H3. The molecule has 108 valence electrons. The monoisotopic (exact) mass is 283 g/mol. The van der Waals surface area contributed by atoms with E-state index >= 15 is 0 Å². The molecular formula is C16H26ClNO. The summed E-state index contributed by atoms with van der Waals surface area (Å²) in [5, 5.41) is 4.35. The van der Waals surface area contributed by atoms with Crippen molar-refractivity contribution in [2.24, 2.45) is 11.8 Å². The molecule has 0 fully saturated rings. The predicted octanol–water partition coefficient (Wildman–Crippen LogP) is 3.95. The first-order valence-corrected chi connectivity index (χ1v) is 7.37. The van der Waals surface area contributed by atoms with Gasteiger partial charge in [0.15, 0.2) is 0 Å². The van der Waals surface area contributed by atoms with Crippen molar-refractivity contribution >= 4 is 11.6 Å². The fourth-order valence-electron chi connectivity index (χ4n) is 2.29. The van der Waals surface area contributed by atoms with Crippen molar-refractivity contribution in [1.82, 2.24) is 5.32 Å². The van der Waals surface area contributed by atoms with Crippen LogP contribution in [0.15, 0.2) is 24.3 Å². The number of hydrogen-bond donors (Lipinski definition) is 1. The smallest absolute Gasteiger partial charge is 0.0494 e. The Morgan fingerprint density at radius 2 is 1.95 bits per heavy atom. The molecule has 0 heterocycles. The van der Waals surface area contributed by atoms with Crippen LogP contribution in [0.2, 0.25) is 5.02 Å². The maximum atomic E-state index is 6.10. The molecule has 1 aromatic carbocycles. The van der Waals surface area contributed by atoms with Crippen LogP contribution < -0.4 is 5.32 Å². The highest BCUT2D eigenvalue weighted by Gasteiger charge is 2.19. The van der Waals surface area contributed by atoms with Crippen LogP contribution in [-0.2, 0) is 4.74 Å². The highest BCUT2D eigenvalue weighted by Crippen LogP contribution is 2.26. The first-order chi connectivity index (χ1) is 9.04. The van der Waals surface area contributed by atoms with Crippen LogP contribution in [0.4, 0.5) is 0 Å². The minimum absolute atomic E-state index is 0.428. The van der Waals surface area contributed by atoms with Crippen molar-refractivity contribution in [2.75, 3.05) is 26.8 Å². The summed E-state index contributed by atoms with van der Waals surface area (Å²) in [5.74, 6) is 1.55. The van der Waals surface area contributed by atoms with Gasteiger partial charge in [-0.15, -0.1) is 0 Å². The third-order valence-corrected chi connectivity index (χ3v) is 3.55. The van der Waals surface area contributed by atoms with Crippen LogP contribution in [0, 0.1) is 11.8 Å². The van der Waals surface area contributed by atoms with E-state index in [0.717, 1.165) is 24.7 Å². The fourth-order valence-corrected chi connectivity index (χ4v) is 2.49. The highest BCUT2D eigenvalue weighted by atomic mass is 35.5. The van der Waals surface area contributed by atoms with Gasteiger partial charge in [0.2, 0.25) is 0 Å². The molecule has 1 rings (SSSR count). The van der Waals surface area contributed by atoms with Gasteiger partial charge in [-0.1, -0.05) is 44.5 Å². The van der Waals surface area contributed by atoms with Gasteiger partial charge in [-0.3, -0.25) is 0 Å². The van der Waals surface area contributed by atoms with Gasteiger partial charge in [-0.25, -0.2) is 0 Å². The molecule has 0 spiro atoms. The molecular weight excluding hydrogens is 258 g/mol. The molecule has 19 heavy (non-hydrogen) atoms. The van der Waals surface area contributed by atoms with E-state index in [0.29, 0.717) is 17.8 Å². The molecule has 0 aliphatic rings. The lowest BCUT2D eigenvalue weighted by molar-refractivity contribution is 0.145. The van der Waals surface area contributed by atoms with E-state index in [4.69, 9.17) is 16.3 Å². The van der Waals surface area contributed by atoms with Crippen LogP contribution in [0.1, 0.15) is 32.3 Å². The van der Waals surface area contributed by atoms with Crippen molar-refractivity contribution in [3.05, 3.63) is 34.9 Å². The van der Waals surface area contributed by atoms with E-state index in [2.05, 4.69) is 38.2 Å². The molecule has 0 bridgehead atoms. The third-order valence-electron chi connectivity index (χ3n) is 3.31. The van der Waals surface area contributed by atoms with Gasteiger partial charge in [0.05, 0.1) is 0 Å². The number of halogens is 1. The van der Waals surface area contributed by atoms with E-state index in [1.165, 1.54) is 5.56 Å². The predicted molar refractivity (Wildman–Crippen MR) is 82.9 cm³/mol. The molecule has 1 N–H and O–H groups in total. The third kappa shape index (κ3) is 5.94. The molecule has 2 nitrogen and oxygen atoms in total. The van der Waals surface area contributed by atoms with Gasteiger partial charge in [-0.05, 0) is 36.1 Å². The number of ether oxygens (including phenoxy) is 1. The van der Waals surface area contributed by atoms with Gasteiger partial charge >= 0.3 is 0 Å². The average Bonchev–Trinajstić information content (AvgIpc) is 2.34. The average molecular weight is 284 g/mol. The Balaban J connectivity index is 2.73. The summed E-state index contributed by atoms with van der Waals surface area (Å²) in [7, 11) is 1.76. The zero-order chi connectivity index (χ0) is 14.3. The van der Waals surface area contributed by atoms with Crippen LogP contribution >= 0.6 is 11.6 Å². The second-order valence-electron chi connectivity index (χ2n) is 5.65. The van der Waals surface area contributed by atoms with Crippen molar-refractivity contribution < 1.29 is 4.74 Å². The van der Waals surface area contributed by atoms with E-state index in [9.17, 15) is 0 Å². The Hall–Kier alpha value is -0.570. The summed E-state index contributed by atoms with van der Waals surface area (Å²) < 4.78 is 5.30. The Morgan fingerprint density at radius 3 is 2.53 bits per heavy atom. The summed E-state index contributed by atoms with van der Waals surface area (Å²) in [6.45, 7) is 9.44. The number of hydrogen-bond acceptors (Lipinski definition) is 2. The molecule has 1 aromatic rings. The zero-order valence-corrected chi connectivity index (χ0v) is 13.2. The van der Waals surface area contributed by atoms with Crippen LogP contribution in [0.25, 0.3) is 0 Å². The molecule has 0 radical (unpaired) electrons. The van der Waals surface area contributed by atoms with E-state index in [1.54, 1.807) is 7.11 Å². The van der Waals surface area contributed by atoms with Gasteiger partial charge in [0.1, 0.15) is 0 Å². The quantitative estimate of drug-likeness (QED) is 0.780. The lowest BCUT2D eigenvalue weighted by Crippen LogP contribution is -2.30. The summed E-state index contributed by atoms with van der Waals surface area (Å²) in [5.41, 5.74) is 1.29. The van der Waals surface area contributed by atoms with Gasteiger partial charge in [0, 0.05) is 31.2 Å². The van der Waals surface area contributed by atoms with Gasteiger partial charge < -0.3 is 10.1 Å². The summed E-state index contributed by atoms with van der Waals surface area (Å²) in [4.78, 5) is 0. The van der Waals surface area contributed by atoms with Crippen LogP contribution in [0.5, 0.6) is 0 Å². The molecule has 0 aromatic heterocycles. The van der Waals surface area contributed by atoms with E-state index < -0.39 is 0 Å². The van der Waals surface area contributed by atoms with Crippen molar-refractivity contribution in [3.8, 4) is 0 Å². The molecule has 2 unspecified atom stereocenters. The molecule has 0 aliphatic carbocycles. The Morgan fingerprint density at radius 1 is 1.21 bits per heavy atom. The largest absolute Gasteiger partial charge is 0.384 e. The summed E-state index contributed by atoms with van der Waals surface area (Å²) in [6, 6.07) is 8.16. The second-order valence-corrected chi connectivity index (χ2v) is 6.08. The first-order valence-electron chi connectivity index (χ1n) is 6.99. The van der Waals surface area contributed by atoms with E-state index in [1.807, 2.05) is 12.1 Å². The SMILES string of the molecule is COCC(C)C(CNCC(C)C)c1cccc(Cl)c1. The summed E-state index contributed by atoms with van der Waals surface area (Å²) >= 11 is 6.10. The van der Waals surface area contributed by atoms with Crippen LogP contribution in [0.3, 0.4) is 0 Å². The topological polar surface area (TPSA) is 21.3 Å². The number of benzene rings is 1. The minimum Gasteiger partial charge on any atom is -0.384 e. The molecule has 0 saturated heterocycles. The Kier molecular flexibility index (Phi) is 7.44. The lowest BCUT2D eigenvalue weighted by Gasteiger charge is -2.25. The second kappa shape index (κ2) is 8.57. The fraction of sp³-hybridized carbons (Fsp3) is 0.625. The number of methoxy groups -OCH3 is 1. The lowest BCUT2D eigenvalue weighted by atomic mass is 9.87. The number of rotatable bonds is 8. The highest BCUT2D eigenvalue weighted by molar-refractivity contribution is 6.30. The van der Waals surface area contributed by atoms with Gasteiger partial charge in [-0.2, -0.15) is 0 Å². The van der Waals surface area contributed by atoms with Crippen molar-refractivity contribution in [1.29, 1.82) is 0 Å². The normalized spacial score (nSPS) is 14.6. The zero-order valence-electron chi connectivity index (χ0n) is 12.4. The molecule has 0 saturated carbocycles. The Bertz CT molecular complexity index is 368. The van der Waals surface area contributed by atoms with Crippen molar-refractivity contribution in [2.45, 2.75) is 26.7 Å². The molecule has 0 aliphatic heterocycles. The van der Waals surface area contributed by atoms with Gasteiger partial charge in [0.25, 0.3) is 0 Å². The summed E-state index contributed by atoms with van der Waals surface area (Å²) in [6.07, 6.45) is 0. The minimum atomic E-state index is 0.428. The number of nitrogens with one attached hydrogen (secondary N) is 1. The molecule has 2 atom stereocenters.